The van der Waals surface area contributed by atoms with Crippen molar-refractivity contribution in [2.24, 2.45) is 5.92 Å². The van der Waals surface area contributed by atoms with E-state index in [4.69, 9.17) is 4.74 Å². The third kappa shape index (κ3) is 3.81. The average molecular weight is 289 g/mol. The van der Waals surface area contributed by atoms with Gasteiger partial charge in [-0.2, -0.15) is 0 Å². The molecule has 0 spiro atoms. The van der Waals surface area contributed by atoms with Crippen LogP contribution in [0.5, 0.6) is 5.75 Å². The number of ether oxygens (including phenoxy) is 1. The first kappa shape index (κ1) is 14.1. The number of nitrogens with one attached hydrogen (secondary N) is 1. The Morgan fingerprint density at radius 2 is 2.21 bits per heavy atom. The Hall–Kier alpha value is -1.34. The number of aromatic hydroxyl groups is 1. The molecular weight excluding hydrogens is 273 g/mol. The smallest absolute Gasteiger partial charge is 0.235 e. The molecule has 19 heavy (non-hydrogen) atoms. The Bertz CT molecular complexity index is 557. The molecule has 1 aliphatic rings. The Balaban J connectivity index is 2.09. The van der Waals surface area contributed by atoms with Gasteiger partial charge < -0.3 is 9.84 Å². The minimum Gasteiger partial charge on any atom is -0.508 e. The summed E-state index contributed by atoms with van der Waals surface area (Å²) >= 11 is 0. The molecule has 1 aromatic carbocycles. The van der Waals surface area contributed by atoms with E-state index in [1.807, 2.05) is 0 Å². The van der Waals surface area contributed by atoms with Gasteiger partial charge in [-0.25, -0.2) is 12.8 Å². The van der Waals surface area contributed by atoms with E-state index < -0.39 is 15.8 Å². The maximum Gasteiger partial charge on any atom is 0.235 e. The van der Waals surface area contributed by atoms with Crippen LogP contribution in [0.2, 0.25) is 0 Å². The monoisotopic (exact) mass is 289 g/mol. The molecule has 5 nitrogen and oxygen atoms in total. The molecular formula is C12H16FNO4S. The molecule has 0 radical (unpaired) electrons. The largest absolute Gasteiger partial charge is 0.508 e. The second-order valence-electron chi connectivity index (χ2n) is 4.66. The van der Waals surface area contributed by atoms with E-state index in [0.717, 1.165) is 31.0 Å². The zero-order valence-corrected chi connectivity index (χ0v) is 11.3. The number of methoxy groups -OCH3 is 1. The maximum atomic E-state index is 13.4. The van der Waals surface area contributed by atoms with Crippen LogP contribution in [0.4, 0.5) is 10.1 Å². The van der Waals surface area contributed by atoms with E-state index in [1.165, 1.54) is 7.11 Å². The zero-order chi connectivity index (χ0) is 14.0. The number of phenols is 1. The number of phenolic OH excluding ortho intramolecular Hbond substituents is 1. The topological polar surface area (TPSA) is 75.6 Å². The number of halogens is 1. The van der Waals surface area contributed by atoms with Crippen LogP contribution in [0.25, 0.3) is 0 Å². The first-order valence-electron chi connectivity index (χ1n) is 5.93. The minimum atomic E-state index is -3.72. The van der Waals surface area contributed by atoms with Gasteiger partial charge in [0.25, 0.3) is 0 Å². The summed E-state index contributed by atoms with van der Waals surface area (Å²) in [4.78, 5) is 0. The molecule has 0 aromatic heterocycles. The third-order valence-corrected chi connectivity index (χ3v) is 4.35. The molecule has 0 saturated heterocycles. The fraction of sp³-hybridized carbons (Fsp3) is 0.500. The lowest BCUT2D eigenvalue weighted by Gasteiger charge is -2.16. The Labute approximate surface area is 111 Å². The predicted octanol–water partition coefficient (Wildman–Crippen LogP) is 1.70. The van der Waals surface area contributed by atoms with Crippen LogP contribution in [0, 0.1) is 11.7 Å². The van der Waals surface area contributed by atoms with Crippen LogP contribution < -0.4 is 4.72 Å². The second-order valence-corrected chi connectivity index (χ2v) is 6.43. The number of benzene rings is 1. The highest BCUT2D eigenvalue weighted by atomic mass is 32.2. The predicted molar refractivity (Wildman–Crippen MR) is 69.0 cm³/mol. The van der Waals surface area contributed by atoms with Crippen molar-refractivity contribution in [3.8, 4) is 5.75 Å². The van der Waals surface area contributed by atoms with Crippen molar-refractivity contribution in [3.05, 3.63) is 24.0 Å². The van der Waals surface area contributed by atoms with Gasteiger partial charge in [-0.3, -0.25) is 4.72 Å². The molecule has 0 amide bonds. The highest BCUT2D eigenvalue weighted by Crippen LogP contribution is 2.35. The van der Waals surface area contributed by atoms with Crippen LogP contribution >= 0.6 is 0 Å². The van der Waals surface area contributed by atoms with Gasteiger partial charge in [0, 0.05) is 13.2 Å². The Morgan fingerprint density at radius 1 is 1.53 bits per heavy atom. The van der Waals surface area contributed by atoms with Gasteiger partial charge in [0.05, 0.1) is 17.5 Å². The first-order chi connectivity index (χ1) is 8.91. The summed E-state index contributed by atoms with van der Waals surface area (Å²) in [7, 11) is -2.25. The number of anilines is 1. The van der Waals surface area contributed by atoms with E-state index in [2.05, 4.69) is 4.72 Å². The first-order valence-corrected chi connectivity index (χ1v) is 7.58. The van der Waals surface area contributed by atoms with Gasteiger partial charge in [-0.1, -0.05) is 0 Å². The van der Waals surface area contributed by atoms with Crippen molar-refractivity contribution in [1.29, 1.82) is 0 Å². The summed E-state index contributed by atoms with van der Waals surface area (Å²) in [6.07, 6.45) is 1.53. The molecule has 0 bridgehead atoms. The van der Waals surface area contributed by atoms with Crippen LogP contribution in [-0.2, 0) is 14.8 Å². The molecule has 2 rings (SSSR count). The molecule has 1 fully saturated rings. The molecule has 7 heteroatoms. The van der Waals surface area contributed by atoms with Crippen molar-refractivity contribution in [1.82, 2.24) is 0 Å². The quantitative estimate of drug-likeness (QED) is 0.835. The summed E-state index contributed by atoms with van der Waals surface area (Å²) in [5.74, 6) is -0.898. The third-order valence-electron chi connectivity index (χ3n) is 3.05. The van der Waals surface area contributed by atoms with Crippen LogP contribution in [0.1, 0.15) is 12.8 Å². The van der Waals surface area contributed by atoms with E-state index in [1.54, 1.807) is 0 Å². The Kier molecular flexibility index (Phi) is 3.96. The molecule has 1 saturated carbocycles. The Morgan fingerprint density at radius 3 is 2.79 bits per heavy atom. The van der Waals surface area contributed by atoms with Gasteiger partial charge in [-0.15, -0.1) is 0 Å². The normalized spacial score (nSPS) is 17.2. The summed E-state index contributed by atoms with van der Waals surface area (Å²) in [6, 6.07) is 3.18. The van der Waals surface area contributed by atoms with E-state index >= 15 is 0 Å². The molecule has 0 heterocycles. The zero-order valence-electron chi connectivity index (χ0n) is 10.5. The molecule has 1 unspecified atom stereocenters. The molecule has 0 aliphatic heterocycles. The molecule has 2 N–H and O–H groups in total. The highest BCUT2D eigenvalue weighted by molar-refractivity contribution is 7.92. The highest BCUT2D eigenvalue weighted by Gasteiger charge is 2.34. The van der Waals surface area contributed by atoms with Crippen LogP contribution in [-0.4, -0.2) is 32.5 Å². The maximum absolute atomic E-state index is 13.4. The minimum absolute atomic E-state index is 0.204. The molecule has 106 valence electrons. The summed E-state index contributed by atoms with van der Waals surface area (Å²) in [5, 5.41) is 9.23. The molecule has 1 atom stereocenters. The van der Waals surface area contributed by atoms with Crippen molar-refractivity contribution in [2.75, 3.05) is 17.6 Å². The van der Waals surface area contributed by atoms with Crippen molar-refractivity contribution in [2.45, 2.75) is 18.9 Å². The molecule has 1 aliphatic carbocycles. The van der Waals surface area contributed by atoms with Gasteiger partial charge >= 0.3 is 0 Å². The van der Waals surface area contributed by atoms with E-state index in [-0.39, 0.29) is 29.2 Å². The van der Waals surface area contributed by atoms with Crippen molar-refractivity contribution >= 4 is 15.7 Å². The SMILES string of the molecule is COC(CS(=O)(=O)Nc1cc(O)ccc1F)C1CC1. The van der Waals surface area contributed by atoms with Gasteiger partial charge in [0.1, 0.15) is 11.6 Å². The summed E-state index contributed by atoms with van der Waals surface area (Å²) < 4.78 is 44.5. The van der Waals surface area contributed by atoms with Crippen LogP contribution in [0.15, 0.2) is 18.2 Å². The van der Waals surface area contributed by atoms with Crippen LogP contribution in [0.3, 0.4) is 0 Å². The van der Waals surface area contributed by atoms with Crippen molar-refractivity contribution < 1.29 is 22.7 Å². The summed E-state index contributed by atoms with van der Waals surface area (Å²) in [6.45, 7) is 0. The number of hydrogen-bond donors (Lipinski definition) is 2. The summed E-state index contributed by atoms with van der Waals surface area (Å²) in [5.41, 5.74) is -0.259. The number of hydrogen-bond acceptors (Lipinski definition) is 4. The average Bonchev–Trinajstić information content (AvgIpc) is 3.14. The number of sulfonamides is 1. The van der Waals surface area contributed by atoms with Gasteiger partial charge in [-0.05, 0) is 30.9 Å². The fourth-order valence-corrected chi connectivity index (χ4v) is 3.30. The van der Waals surface area contributed by atoms with Crippen molar-refractivity contribution in [3.63, 3.8) is 0 Å². The van der Waals surface area contributed by atoms with E-state index in [9.17, 15) is 17.9 Å². The van der Waals surface area contributed by atoms with Gasteiger partial charge in [0.2, 0.25) is 10.0 Å². The molecule has 1 aromatic rings. The number of rotatable bonds is 6. The standard InChI is InChI=1S/C12H16FNO4S/c1-18-12(8-2-3-8)7-19(16,17)14-11-6-9(15)4-5-10(11)13/h4-6,8,12,14-15H,2-3,7H2,1H3. The lowest BCUT2D eigenvalue weighted by Crippen LogP contribution is -2.29. The second kappa shape index (κ2) is 5.34. The fourth-order valence-electron chi connectivity index (χ4n) is 1.88. The lowest BCUT2D eigenvalue weighted by atomic mass is 10.3. The van der Waals surface area contributed by atoms with Gasteiger partial charge in [0.15, 0.2) is 0 Å². The lowest BCUT2D eigenvalue weighted by molar-refractivity contribution is 0.103. The van der Waals surface area contributed by atoms with E-state index in [0.29, 0.717) is 0 Å².